The van der Waals surface area contributed by atoms with Crippen LogP contribution in [0.1, 0.15) is 30.3 Å². The number of hydrogen-bond acceptors (Lipinski definition) is 4. The Hall–Kier alpha value is -3.28. The van der Waals surface area contributed by atoms with Gasteiger partial charge in [0.15, 0.2) is 0 Å². The second kappa shape index (κ2) is 8.58. The van der Waals surface area contributed by atoms with Crippen LogP contribution in [0, 0.1) is 0 Å². The first-order chi connectivity index (χ1) is 16.1. The molecular weight excluding hydrogens is 453 g/mol. The lowest BCUT2D eigenvalue weighted by atomic mass is 9.72. The third-order valence-corrected chi connectivity index (χ3v) is 6.88. The van der Waals surface area contributed by atoms with Gasteiger partial charge in [-0.3, -0.25) is 9.97 Å². The van der Waals surface area contributed by atoms with Crippen LogP contribution >= 0.6 is 23.2 Å². The van der Waals surface area contributed by atoms with E-state index in [-0.39, 0.29) is 0 Å². The van der Waals surface area contributed by atoms with Crippen LogP contribution in [0.2, 0.25) is 10.2 Å². The van der Waals surface area contributed by atoms with Crippen LogP contribution in [0.25, 0.3) is 22.0 Å². The predicted molar refractivity (Wildman–Crippen MR) is 133 cm³/mol. The summed E-state index contributed by atoms with van der Waals surface area (Å²) >= 11 is 13.6. The summed E-state index contributed by atoms with van der Waals surface area (Å²) in [5, 5.41) is 1.79. The zero-order chi connectivity index (χ0) is 23.0. The highest BCUT2D eigenvalue weighted by molar-refractivity contribution is 6.42. The van der Waals surface area contributed by atoms with Crippen molar-refractivity contribution in [3.8, 4) is 11.1 Å². The summed E-state index contributed by atoms with van der Waals surface area (Å²) < 4.78 is 2.03. The number of benzene rings is 2. The highest BCUT2D eigenvalue weighted by Crippen LogP contribution is 2.44. The van der Waals surface area contributed by atoms with Gasteiger partial charge in [0.25, 0.3) is 0 Å². The lowest BCUT2D eigenvalue weighted by Crippen LogP contribution is -2.32. The molecule has 0 saturated carbocycles. The molecule has 33 heavy (non-hydrogen) atoms. The van der Waals surface area contributed by atoms with E-state index in [9.17, 15) is 0 Å². The van der Waals surface area contributed by atoms with Crippen LogP contribution in [-0.2, 0) is 12.5 Å². The van der Waals surface area contributed by atoms with Crippen LogP contribution in [-0.4, -0.2) is 24.5 Å². The van der Waals surface area contributed by atoms with Gasteiger partial charge in [-0.2, -0.15) is 0 Å². The highest BCUT2D eigenvalue weighted by Gasteiger charge is 2.39. The van der Waals surface area contributed by atoms with E-state index in [1.54, 1.807) is 18.7 Å². The number of rotatable bonds is 5. The summed E-state index contributed by atoms with van der Waals surface area (Å²) in [7, 11) is 1.99. The van der Waals surface area contributed by atoms with E-state index in [1.165, 1.54) is 0 Å². The fourth-order valence-electron chi connectivity index (χ4n) is 4.59. The van der Waals surface area contributed by atoms with Crippen LogP contribution in [0.4, 0.5) is 0 Å². The van der Waals surface area contributed by atoms with Gasteiger partial charge in [0, 0.05) is 42.8 Å². The first-order valence-electron chi connectivity index (χ1n) is 10.6. The Bertz CT molecular complexity index is 1430. The molecule has 0 aliphatic heterocycles. The molecule has 5 nitrogen and oxygen atoms in total. The van der Waals surface area contributed by atoms with Gasteiger partial charge in [-0.15, -0.1) is 0 Å². The molecule has 5 aromatic rings. The Morgan fingerprint density at radius 3 is 2.45 bits per heavy atom. The molecule has 0 spiro atoms. The zero-order valence-electron chi connectivity index (χ0n) is 18.2. The van der Waals surface area contributed by atoms with E-state index in [1.807, 2.05) is 60.4 Å². The van der Waals surface area contributed by atoms with Crippen LogP contribution in [0.5, 0.6) is 0 Å². The summed E-state index contributed by atoms with van der Waals surface area (Å²) in [5.74, 6) is 0. The fourth-order valence-corrected chi connectivity index (χ4v) is 5.29. The summed E-state index contributed by atoms with van der Waals surface area (Å²) in [5.41, 5.74) is 4.72. The molecule has 0 saturated heterocycles. The van der Waals surface area contributed by atoms with Crippen LogP contribution in [0.3, 0.4) is 0 Å². The van der Waals surface area contributed by atoms with Crippen molar-refractivity contribution in [3.05, 3.63) is 107 Å². The van der Waals surface area contributed by atoms with E-state index in [4.69, 9.17) is 28.2 Å². The third kappa shape index (κ3) is 3.48. The number of hydrogen-bond donors (Lipinski definition) is 0. The average molecular weight is 474 g/mol. The summed E-state index contributed by atoms with van der Waals surface area (Å²) in [4.78, 5) is 18.1. The SMILES string of the molecule is CCC(c1ccc2nc(Cl)c(-c3ccccc3)c(Cl)c2c1)(c1cnccn1)c1cncn1C. The minimum Gasteiger partial charge on any atom is -0.337 e. The molecule has 0 aliphatic rings. The van der Waals surface area contributed by atoms with E-state index in [0.29, 0.717) is 10.2 Å². The predicted octanol–water partition coefficient (Wildman–Crippen LogP) is 6.48. The highest BCUT2D eigenvalue weighted by atomic mass is 35.5. The van der Waals surface area contributed by atoms with Crippen molar-refractivity contribution in [2.24, 2.45) is 7.05 Å². The smallest absolute Gasteiger partial charge is 0.139 e. The van der Waals surface area contributed by atoms with Gasteiger partial charge in [0.2, 0.25) is 0 Å². The van der Waals surface area contributed by atoms with Gasteiger partial charge in [-0.1, -0.05) is 66.5 Å². The molecule has 0 fully saturated rings. The Labute approximate surface area is 202 Å². The quantitative estimate of drug-likeness (QED) is 0.274. The van der Waals surface area contributed by atoms with E-state index in [2.05, 4.69) is 34.0 Å². The second-order valence-corrected chi connectivity index (χ2v) is 8.66. The van der Waals surface area contributed by atoms with Crippen LogP contribution < -0.4 is 0 Å². The molecule has 3 aromatic heterocycles. The molecule has 164 valence electrons. The van der Waals surface area contributed by atoms with Crippen LogP contribution in [0.15, 0.2) is 79.6 Å². The number of fused-ring (bicyclic) bond motifs is 1. The molecule has 5 rings (SSSR count). The van der Waals surface area contributed by atoms with Gasteiger partial charge in [0.05, 0.1) is 33.7 Å². The molecule has 2 aromatic carbocycles. The lowest BCUT2D eigenvalue weighted by Gasteiger charge is -2.33. The zero-order valence-corrected chi connectivity index (χ0v) is 19.7. The first-order valence-corrected chi connectivity index (χ1v) is 11.4. The number of pyridine rings is 1. The van der Waals surface area contributed by atoms with Crippen molar-refractivity contribution in [1.82, 2.24) is 24.5 Å². The molecule has 0 aliphatic carbocycles. The van der Waals surface area contributed by atoms with Crippen molar-refractivity contribution in [2.75, 3.05) is 0 Å². The Kier molecular flexibility index (Phi) is 5.60. The standard InChI is InChI=1S/C26H21Cl2N5/c1-3-26(21-14-29-11-12-31-21,22-15-30-16-33(22)2)18-9-10-20-19(13-18)24(27)23(25(28)32-20)17-7-5-4-6-8-17/h4-16H,3H2,1-2H3. The number of aryl methyl sites for hydroxylation is 1. The minimum atomic E-state index is -0.566. The minimum absolute atomic E-state index is 0.383. The molecule has 7 heteroatoms. The molecular formula is C26H21Cl2N5. The third-order valence-electron chi connectivity index (χ3n) is 6.22. The number of halogens is 2. The lowest BCUT2D eigenvalue weighted by molar-refractivity contribution is 0.533. The summed E-state index contributed by atoms with van der Waals surface area (Å²) in [6.45, 7) is 2.14. The molecule has 1 unspecified atom stereocenters. The number of aromatic nitrogens is 5. The maximum atomic E-state index is 6.98. The normalized spacial score (nSPS) is 13.2. The van der Waals surface area contributed by atoms with Gasteiger partial charge >= 0.3 is 0 Å². The van der Waals surface area contributed by atoms with Gasteiger partial charge < -0.3 is 4.57 Å². The second-order valence-electron chi connectivity index (χ2n) is 7.93. The fraction of sp³-hybridized carbons (Fsp3) is 0.154. The van der Waals surface area contributed by atoms with Gasteiger partial charge in [-0.05, 0) is 29.7 Å². The average Bonchev–Trinajstić information content (AvgIpc) is 3.28. The Morgan fingerprint density at radius 2 is 1.79 bits per heavy atom. The molecule has 0 amide bonds. The molecule has 0 bridgehead atoms. The van der Waals surface area contributed by atoms with Crippen molar-refractivity contribution in [1.29, 1.82) is 0 Å². The van der Waals surface area contributed by atoms with Gasteiger partial charge in [-0.25, -0.2) is 9.97 Å². The van der Waals surface area contributed by atoms with Crippen molar-refractivity contribution >= 4 is 34.1 Å². The monoisotopic (exact) mass is 473 g/mol. The maximum absolute atomic E-state index is 6.98. The first kappa shape index (κ1) is 21.6. The molecule has 3 heterocycles. The molecule has 0 radical (unpaired) electrons. The Morgan fingerprint density at radius 1 is 0.970 bits per heavy atom. The van der Waals surface area contributed by atoms with Crippen molar-refractivity contribution < 1.29 is 0 Å². The van der Waals surface area contributed by atoms with E-state index < -0.39 is 5.41 Å². The van der Waals surface area contributed by atoms with Crippen molar-refractivity contribution in [2.45, 2.75) is 18.8 Å². The topological polar surface area (TPSA) is 56.5 Å². The maximum Gasteiger partial charge on any atom is 0.139 e. The number of nitrogens with zero attached hydrogens (tertiary/aromatic N) is 5. The van der Waals surface area contributed by atoms with Crippen molar-refractivity contribution in [3.63, 3.8) is 0 Å². The van der Waals surface area contributed by atoms with Gasteiger partial charge in [0.1, 0.15) is 5.15 Å². The van der Waals surface area contributed by atoms with E-state index in [0.717, 1.165) is 45.4 Å². The largest absolute Gasteiger partial charge is 0.337 e. The number of imidazole rings is 1. The Balaban J connectivity index is 1.81. The molecule has 1 atom stereocenters. The van der Waals surface area contributed by atoms with E-state index >= 15 is 0 Å². The summed E-state index contributed by atoms with van der Waals surface area (Å²) in [6.07, 6.45) is 9.67. The molecule has 0 N–H and O–H groups in total. The summed E-state index contributed by atoms with van der Waals surface area (Å²) in [6, 6.07) is 16.0.